The van der Waals surface area contributed by atoms with Crippen molar-refractivity contribution >= 4 is 15.5 Å². The van der Waals surface area contributed by atoms with Crippen LogP contribution >= 0.6 is 0 Å². The molecule has 0 fully saturated rings. The Hall–Kier alpha value is -1.54. The van der Waals surface area contributed by atoms with Gasteiger partial charge in [0.2, 0.25) is 0 Å². The normalized spacial score (nSPS) is 13.2. The second kappa shape index (κ2) is 6.27. The zero-order valence-corrected chi connectivity index (χ0v) is 12.6. The molecule has 8 heteroatoms. The van der Waals surface area contributed by atoms with Gasteiger partial charge in [-0.1, -0.05) is 0 Å². The Labute approximate surface area is 118 Å². The van der Waals surface area contributed by atoms with Gasteiger partial charge in [-0.2, -0.15) is 0 Å². The Morgan fingerprint density at radius 3 is 2.55 bits per heavy atom. The van der Waals surface area contributed by atoms with E-state index in [0.29, 0.717) is 17.5 Å². The van der Waals surface area contributed by atoms with Crippen LogP contribution in [-0.4, -0.2) is 30.1 Å². The van der Waals surface area contributed by atoms with Crippen molar-refractivity contribution in [1.29, 1.82) is 0 Å². The molecule has 0 bridgehead atoms. The number of aryl methyl sites for hydroxylation is 1. The molecule has 1 heterocycles. The molecule has 1 atom stereocenters. The lowest BCUT2D eigenvalue weighted by atomic mass is 10.1. The number of pyridine rings is 1. The number of sulfone groups is 1. The minimum atomic E-state index is -3.37. The predicted molar refractivity (Wildman–Crippen MR) is 76.1 cm³/mol. The molecule has 20 heavy (non-hydrogen) atoms. The lowest BCUT2D eigenvalue weighted by molar-refractivity contribution is -0.386. The third-order valence-electron chi connectivity index (χ3n) is 3.00. The molecule has 0 aromatic carbocycles. The van der Waals surface area contributed by atoms with Gasteiger partial charge < -0.3 is 5.73 Å². The Kier molecular flexibility index (Phi) is 5.18. The monoisotopic (exact) mass is 301 g/mol. The summed E-state index contributed by atoms with van der Waals surface area (Å²) in [6.45, 7) is 4.83. The first kappa shape index (κ1) is 16.5. The van der Waals surface area contributed by atoms with Gasteiger partial charge in [-0.3, -0.25) is 15.1 Å². The Morgan fingerprint density at radius 1 is 1.45 bits per heavy atom. The average molecular weight is 301 g/mol. The fourth-order valence-corrected chi connectivity index (χ4v) is 3.42. The molecule has 1 unspecified atom stereocenters. The van der Waals surface area contributed by atoms with Crippen LogP contribution in [0.2, 0.25) is 0 Å². The Balaban J connectivity index is 3.05. The molecule has 112 valence electrons. The van der Waals surface area contributed by atoms with Crippen molar-refractivity contribution in [3.8, 4) is 0 Å². The number of nitro groups is 1. The van der Waals surface area contributed by atoms with Crippen LogP contribution in [0.5, 0.6) is 0 Å². The molecule has 0 spiro atoms. The van der Waals surface area contributed by atoms with Crippen LogP contribution in [-0.2, 0) is 15.6 Å². The van der Waals surface area contributed by atoms with Crippen LogP contribution in [0.3, 0.4) is 0 Å². The standard InChI is InChI=1S/C12H19N3O4S/c1-8-6-14-11(10(3)12(8)15(16)17)7-20(18,19)5-4-9(2)13/h6,9H,4-5,7,13H2,1-3H3. The summed E-state index contributed by atoms with van der Waals surface area (Å²) in [6.07, 6.45) is 1.69. The Bertz CT molecular complexity index is 611. The quantitative estimate of drug-likeness (QED) is 0.624. The number of hydrogen-bond donors (Lipinski definition) is 1. The first-order chi connectivity index (χ1) is 9.14. The first-order valence-corrected chi connectivity index (χ1v) is 8.01. The van der Waals surface area contributed by atoms with E-state index in [9.17, 15) is 18.5 Å². The molecule has 0 saturated carbocycles. The second-order valence-corrected chi connectivity index (χ2v) is 7.16. The maximum absolute atomic E-state index is 12.0. The average Bonchev–Trinajstić information content (AvgIpc) is 2.30. The topological polar surface area (TPSA) is 116 Å². The minimum absolute atomic E-state index is 0.0482. The van der Waals surface area contributed by atoms with Crippen molar-refractivity contribution in [2.75, 3.05) is 5.75 Å². The van der Waals surface area contributed by atoms with Crippen LogP contribution < -0.4 is 5.73 Å². The number of nitrogens with zero attached hydrogens (tertiary/aromatic N) is 2. The van der Waals surface area contributed by atoms with Crippen LogP contribution in [0.15, 0.2) is 6.20 Å². The largest absolute Gasteiger partial charge is 0.328 e. The summed E-state index contributed by atoms with van der Waals surface area (Å²) in [5.41, 5.74) is 6.42. The van der Waals surface area contributed by atoms with E-state index < -0.39 is 14.8 Å². The van der Waals surface area contributed by atoms with Crippen LogP contribution in [0, 0.1) is 24.0 Å². The summed E-state index contributed by atoms with van der Waals surface area (Å²) < 4.78 is 23.9. The first-order valence-electron chi connectivity index (χ1n) is 6.19. The summed E-state index contributed by atoms with van der Waals surface area (Å²) >= 11 is 0. The maximum Gasteiger partial charge on any atom is 0.278 e. The molecule has 7 nitrogen and oxygen atoms in total. The summed E-state index contributed by atoms with van der Waals surface area (Å²) in [6, 6.07) is -0.203. The van der Waals surface area contributed by atoms with Gasteiger partial charge in [0.05, 0.1) is 22.1 Å². The van der Waals surface area contributed by atoms with E-state index in [0.717, 1.165) is 0 Å². The van der Waals surface area contributed by atoms with Gasteiger partial charge in [0.25, 0.3) is 5.69 Å². The van der Waals surface area contributed by atoms with E-state index in [1.165, 1.54) is 13.1 Å². The van der Waals surface area contributed by atoms with Crippen LogP contribution in [0.4, 0.5) is 5.69 Å². The smallest absolute Gasteiger partial charge is 0.278 e. The third kappa shape index (κ3) is 4.24. The van der Waals surface area contributed by atoms with Gasteiger partial charge >= 0.3 is 0 Å². The molecule has 1 rings (SSSR count). The molecule has 1 aromatic rings. The number of hydrogen-bond acceptors (Lipinski definition) is 6. The Morgan fingerprint density at radius 2 is 2.05 bits per heavy atom. The van der Waals surface area contributed by atoms with E-state index >= 15 is 0 Å². The molecule has 0 aliphatic carbocycles. The van der Waals surface area contributed by atoms with Crippen molar-refractivity contribution < 1.29 is 13.3 Å². The molecule has 0 aliphatic rings. The summed E-state index contributed by atoms with van der Waals surface area (Å²) in [4.78, 5) is 14.5. The number of rotatable bonds is 6. The summed E-state index contributed by atoms with van der Waals surface area (Å²) in [7, 11) is -3.37. The molecule has 2 N–H and O–H groups in total. The molecular weight excluding hydrogens is 282 g/mol. The van der Waals surface area contributed by atoms with Gasteiger partial charge in [0, 0.05) is 23.4 Å². The van der Waals surface area contributed by atoms with Crippen LogP contribution in [0.1, 0.15) is 30.2 Å². The summed E-state index contributed by atoms with van der Waals surface area (Å²) in [5.74, 6) is -0.347. The lowest BCUT2D eigenvalue weighted by Crippen LogP contribution is -2.21. The van der Waals surface area contributed by atoms with Gasteiger partial charge in [0.15, 0.2) is 9.84 Å². The highest BCUT2D eigenvalue weighted by Gasteiger charge is 2.22. The summed E-state index contributed by atoms with van der Waals surface area (Å²) in [5, 5.41) is 11.0. The lowest BCUT2D eigenvalue weighted by Gasteiger charge is -2.09. The van der Waals surface area contributed by atoms with E-state index in [2.05, 4.69) is 4.98 Å². The van der Waals surface area contributed by atoms with Crippen molar-refractivity contribution in [1.82, 2.24) is 4.98 Å². The number of aromatic nitrogens is 1. The highest BCUT2D eigenvalue weighted by atomic mass is 32.2. The third-order valence-corrected chi connectivity index (χ3v) is 4.57. The van der Waals surface area contributed by atoms with E-state index in [-0.39, 0.29) is 28.9 Å². The van der Waals surface area contributed by atoms with Crippen molar-refractivity contribution in [3.05, 3.63) is 33.1 Å². The molecule has 0 aliphatic heterocycles. The molecule has 0 amide bonds. The predicted octanol–water partition coefficient (Wildman–Crippen LogP) is 1.26. The van der Waals surface area contributed by atoms with Crippen LogP contribution in [0.25, 0.3) is 0 Å². The molecular formula is C12H19N3O4S. The fraction of sp³-hybridized carbons (Fsp3) is 0.583. The highest BCUT2D eigenvalue weighted by molar-refractivity contribution is 7.90. The van der Waals surface area contributed by atoms with Gasteiger partial charge in [-0.25, -0.2) is 8.42 Å². The second-order valence-electron chi connectivity index (χ2n) is 4.98. The molecule has 1 aromatic heterocycles. The molecule has 0 saturated heterocycles. The molecule has 0 radical (unpaired) electrons. The zero-order valence-electron chi connectivity index (χ0n) is 11.8. The zero-order chi connectivity index (χ0) is 15.5. The minimum Gasteiger partial charge on any atom is -0.328 e. The van der Waals surface area contributed by atoms with Crippen molar-refractivity contribution in [2.24, 2.45) is 5.73 Å². The van der Waals surface area contributed by atoms with E-state index in [1.807, 2.05) is 0 Å². The van der Waals surface area contributed by atoms with Crippen molar-refractivity contribution in [2.45, 2.75) is 39.0 Å². The van der Waals surface area contributed by atoms with Gasteiger partial charge in [-0.15, -0.1) is 0 Å². The SMILES string of the molecule is Cc1cnc(CS(=O)(=O)CCC(C)N)c(C)c1[N+](=O)[O-]. The van der Waals surface area contributed by atoms with Crippen molar-refractivity contribution in [3.63, 3.8) is 0 Å². The maximum atomic E-state index is 12.0. The fourth-order valence-electron chi connectivity index (χ4n) is 1.84. The highest BCUT2D eigenvalue weighted by Crippen LogP contribution is 2.25. The van der Waals surface area contributed by atoms with E-state index in [4.69, 9.17) is 5.73 Å². The van der Waals surface area contributed by atoms with Gasteiger partial charge in [0.1, 0.15) is 0 Å². The van der Waals surface area contributed by atoms with Gasteiger partial charge in [-0.05, 0) is 27.2 Å². The number of nitrogens with two attached hydrogens (primary N) is 1. The van der Waals surface area contributed by atoms with E-state index in [1.54, 1.807) is 13.8 Å².